The summed E-state index contributed by atoms with van der Waals surface area (Å²) < 4.78 is 77.6. The molecule has 1 N–H and O–H groups in total. The second kappa shape index (κ2) is 8.81. The Bertz CT molecular complexity index is 1010. The van der Waals surface area contributed by atoms with Crippen LogP contribution in [0.1, 0.15) is 39.4 Å². The maximum atomic E-state index is 13.1. The van der Waals surface area contributed by atoms with E-state index in [1.54, 1.807) is 13.0 Å². The highest BCUT2D eigenvalue weighted by molar-refractivity contribution is 6.06. The van der Waals surface area contributed by atoms with Gasteiger partial charge in [-0.2, -0.15) is 26.3 Å². The van der Waals surface area contributed by atoms with Crippen LogP contribution in [0, 0.1) is 6.92 Å². The predicted molar refractivity (Wildman–Crippen MR) is 102 cm³/mol. The number of amides is 1. The second-order valence-electron chi connectivity index (χ2n) is 7.29. The fourth-order valence-corrected chi connectivity index (χ4v) is 3.41. The molecule has 1 fully saturated rings. The van der Waals surface area contributed by atoms with Gasteiger partial charge in [-0.3, -0.25) is 4.79 Å². The molecule has 32 heavy (non-hydrogen) atoms. The van der Waals surface area contributed by atoms with Gasteiger partial charge in [0.1, 0.15) is 0 Å². The van der Waals surface area contributed by atoms with Gasteiger partial charge in [-0.05, 0) is 67.3 Å². The number of hydrogen-bond acceptors (Lipinski definition) is 4. The summed E-state index contributed by atoms with van der Waals surface area (Å²) in [5.41, 5.74) is -0.422. The number of hydrogen-bond donors (Lipinski definition) is 1. The summed E-state index contributed by atoms with van der Waals surface area (Å²) in [6.45, 7) is 3.19. The van der Waals surface area contributed by atoms with Crippen LogP contribution in [0.4, 0.5) is 32.0 Å². The number of alkyl halides is 6. The van der Waals surface area contributed by atoms with Crippen molar-refractivity contribution in [2.24, 2.45) is 0 Å². The van der Waals surface area contributed by atoms with E-state index in [1.807, 2.05) is 0 Å². The van der Waals surface area contributed by atoms with Gasteiger partial charge in [-0.15, -0.1) is 5.06 Å². The zero-order valence-electron chi connectivity index (χ0n) is 16.7. The zero-order valence-corrected chi connectivity index (χ0v) is 16.7. The molecule has 1 amide bonds. The van der Waals surface area contributed by atoms with Crippen LogP contribution in [0.2, 0.25) is 0 Å². The molecule has 5 nitrogen and oxygen atoms in total. The number of halogens is 6. The lowest BCUT2D eigenvalue weighted by Crippen LogP contribution is -2.39. The summed E-state index contributed by atoms with van der Waals surface area (Å²) in [7, 11) is 0. The third kappa shape index (κ3) is 5.21. The Labute approximate surface area is 178 Å². The lowest BCUT2D eigenvalue weighted by Gasteiger charge is -2.23. The summed E-state index contributed by atoms with van der Waals surface area (Å²) >= 11 is 0. The number of rotatable bonds is 3. The van der Waals surface area contributed by atoms with Crippen molar-refractivity contribution < 1.29 is 40.8 Å². The van der Waals surface area contributed by atoms with Crippen LogP contribution in [-0.4, -0.2) is 31.1 Å². The molecule has 0 radical (unpaired) electrons. The van der Waals surface area contributed by atoms with Crippen molar-refractivity contribution in [1.82, 2.24) is 5.32 Å². The topological polar surface area (TPSA) is 58.6 Å². The molecule has 1 aliphatic rings. The summed E-state index contributed by atoms with van der Waals surface area (Å²) in [6.07, 6.45) is -9.52. The summed E-state index contributed by atoms with van der Waals surface area (Å²) in [5, 5.41) is 3.10. The van der Waals surface area contributed by atoms with Crippen LogP contribution in [0.5, 0.6) is 0 Å². The lowest BCUT2D eigenvalue weighted by atomic mass is 9.92. The summed E-state index contributed by atoms with van der Waals surface area (Å²) in [4.78, 5) is 28.7. The van der Waals surface area contributed by atoms with Gasteiger partial charge in [0.15, 0.2) is 0 Å². The largest absolute Gasteiger partial charge is 0.493 e. The molecule has 0 spiro atoms. The second-order valence-corrected chi connectivity index (χ2v) is 7.29. The van der Waals surface area contributed by atoms with Crippen LogP contribution in [0.25, 0.3) is 0 Å². The zero-order chi connectivity index (χ0) is 23.7. The number of carbonyl (C=O) groups is 2. The molecule has 1 aliphatic heterocycles. The van der Waals surface area contributed by atoms with Gasteiger partial charge >= 0.3 is 18.3 Å². The molecular weight excluding hydrogens is 442 g/mol. The van der Waals surface area contributed by atoms with E-state index in [0.717, 1.165) is 36.2 Å². The minimum atomic E-state index is -5.46. The van der Waals surface area contributed by atoms with Gasteiger partial charge in [-0.25, -0.2) is 4.79 Å². The minimum absolute atomic E-state index is 0.0579. The van der Waals surface area contributed by atoms with E-state index >= 15 is 0 Å². The number of carbonyl (C=O) groups excluding carboxylic acids is 2. The SMILES string of the molecule is Cc1ccc(C(=O)N(OC(=O)C(F)(F)F)c2cccc(C(F)(F)F)c2)cc1[C@@H]1CCNC1. The molecule has 172 valence electrons. The molecule has 1 heterocycles. The van der Waals surface area contributed by atoms with E-state index in [4.69, 9.17) is 0 Å². The fraction of sp³-hybridized carbons (Fsp3) is 0.333. The van der Waals surface area contributed by atoms with Crippen molar-refractivity contribution in [2.45, 2.75) is 31.6 Å². The Kier molecular flexibility index (Phi) is 6.49. The third-order valence-corrected chi connectivity index (χ3v) is 5.02. The normalized spacial score (nSPS) is 16.7. The summed E-state index contributed by atoms with van der Waals surface area (Å²) in [6, 6.07) is 7.28. The van der Waals surface area contributed by atoms with Gasteiger partial charge in [-0.1, -0.05) is 12.1 Å². The molecule has 0 saturated carbocycles. The predicted octanol–water partition coefficient (Wildman–Crippen LogP) is 4.76. The number of hydroxylamine groups is 1. The van der Waals surface area contributed by atoms with E-state index in [2.05, 4.69) is 10.2 Å². The Morgan fingerprint density at radius 2 is 1.78 bits per heavy atom. The third-order valence-electron chi connectivity index (χ3n) is 5.02. The van der Waals surface area contributed by atoms with E-state index < -0.39 is 35.5 Å². The quantitative estimate of drug-likeness (QED) is 0.530. The molecule has 3 rings (SSSR count). The van der Waals surface area contributed by atoms with Crippen LogP contribution in [0.15, 0.2) is 42.5 Å². The van der Waals surface area contributed by atoms with Crippen molar-refractivity contribution in [3.8, 4) is 0 Å². The van der Waals surface area contributed by atoms with Crippen molar-refractivity contribution >= 4 is 17.6 Å². The van der Waals surface area contributed by atoms with E-state index in [9.17, 15) is 35.9 Å². The molecule has 0 unspecified atom stereocenters. The fourth-order valence-electron chi connectivity index (χ4n) is 3.41. The molecule has 1 atom stereocenters. The molecular formula is C21H18F6N2O3. The molecule has 11 heteroatoms. The molecule has 0 bridgehead atoms. The van der Waals surface area contributed by atoms with Gasteiger partial charge in [0.2, 0.25) is 0 Å². The smallest absolute Gasteiger partial charge is 0.324 e. The lowest BCUT2D eigenvalue weighted by molar-refractivity contribution is -0.200. The molecule has 0 aliphatic carbocycles. The Morgan fingerprint density at radius 1 is 1.06 bits per heavy atom. The number of aryl methyl sites for hydroxylation is 1. The number of anilines is 1. The molecule has 2 aromatic rings. The van der Waals surface area contributed by atoms with Crippen LogP contribution in [-0.2, 0) is 15.8 Å². The molecule has 1 saturated heterocycles. The molecule has 2 aromatic carbocycles. The number of nitrogens with one attached hydrogen (secondary N) is 1. The van der Waals surface area contributed by atoms with Crippen molar-refractivity contribution in [3.63, 3.8) is 0 Å². The van der Waals surface area contributed by atoms with Crippen LogP contribution < -0.4 is 10.4 Å². The first-order valence-corrected chi connectivity index (χ1v) is 9.50. The molecule has 0 aromatic heterocycles. The van der Waals surface area contributed by atoms with Crippen LogP contribution in [0.3, 0.4) is 0 Å². The van der Waals surface area contributed by atoms with Gasteiger partial charge in [0.25, 0.3) is 5.91 Å². The van der Waals surface area contributed by atoms with Gasteiger partial charge < -0.3 is 10.2 Å². The van der Waals surface area contributed by atoms with Crippen molar-refractivity contribution in [1.29, 1.82) is 0 Å². The Morgan fingerprint density at radius 3 is 2.38 bits per heavy atom. The maximum absolute atomic E-state index is 13.1. The van der Waals surface area contributed by atoms with E-state index in [0.29, 0.717) is 18.7 Å². The average molecular weight is 460 g/mol. The van der Waals surface area contributed by atoms with Crippen molar-refractivity contribution in [2.75, 3.05) is 18.2 Å². The Balaban J connectivity index is 2.03. The van der Waals surface area contributed by atoms with E-state index in [1.165, 1.54) is 12.1 Å². The maximum Gasteiger partial charge on any atom is 0.493 e. The van der Waals surface area contributed by atoms with Crippen LogP contribution >= 0.6 is 0 Å². The van der Waals surface area contributed by atoms with Gasteiger partial charge in [0.05, 0.1) is 11.3 Å². The standard InChI is InChI=1S/C21H18F6N2O3/c1-12-5-6-13(9-17(12)14-7-8-28-11-14)18(30)29(32-19(31)21(25,26)27)16-4-2-3-15(10-16)20(22,23)24/h2-6,9-10,14,28H,7-8,11H2,1H3/t14-/m1/s1. The first-order valence-electron chi connectivity index (χ1n) is 9.50. The monoisotopic (exact) mass is 460 g/mol. The number of benzene rings is 2. The Hall–Kier alpha value is -3.08. The first kappa shape index (κ1) is 23.6. The summed E-state index contributed by atoms with van der Waals surface area (Å²) in [5.74, 6) is -3.90. The van der Waals surface area contributed by atoms with E-state index in [-0.39, 0.29) is 16.5 Å². The highest BCUT2D eigenvalue weighted by Crippen LogP contribution is 2.33. The highest BCUT2D eigenvalue weighted by atomic mass is 19.4. The highest BCUT2D eigenvalue weighted by Gasteiger charge is 2.44. The minimum Gasteiger partial charge on any atom is -0.324 e. The van der Waals surface area contributed by atoms with Gasteiger partial charge in [0, 0.05) is 12.1 Å². The number of nitrogens with zero attached hydrogens (tertiary/aromatic N) is 1. The first-order chi connectivity index (χ1) is 14.9. The average Bonchev–Trinajstić information content (AvgIpc) is 3.25. The van der Waals surface area contributed by atoms with Crippen molar-refractivity contribution in [3.05, 3.63) is 64.7 Å².